The molecule has 0 amide bonds. The first-order chi connectivity index (χ1) is 7.75. The monoisotopic (exact) mass is 464 g/mol. The van der Waals surface area contributed by atoms with Crippen LogP contribution in [0.3, 0.4) is 0 Å². The van der Waals surface area contributed by atoms with Gasteiger partial charge in [0, 0.05) is 0 Å². The molecule has 0 N–H and O–H groups in total. The Bertz CT molecular complexity index is 416. The third kappa shape index (κ3) is 5.56. The molecule has 0 radical (unpaired) electrons. The van der Waals surface area contributed by atoms with E-state index in [-0.39, 0.29) is 34.3 Å². The zero-order chi connectivity index (χ0) is 11.4. The van der Waals surface area contributed by atoms with Crippen LogP contribution in [-0.4, -0.2) is 9.52 Å². The van der Waals surface area contributed by atoms with E-state index in [9.17, 15) is 0 Å². The molecule has 0 fully saturated rings. The summed E-state index contributed by atoms with van der Waals surface area (Å²) in [5.74, 6) is 0. The van der Waals surface area contributed by atoms with Crippen molar-refractivity contribution in [3.63, 3.8) is 0 Å². The second kappa shape index (κ2) is 9.30. The van der Waals surface area contributed by atoms with E-state index >= 15 is 0 Å². The van der Waals surface area contributed by atoms with Crippen molar-refractivity contribution in [2.24, 2.45) is 0 Å². The molecule has 1 atom stereocenters. The van der Waals surface area contributed by atoms with Crippen molar-refractivity contribution >= 4 is 9.52 Å². The van der Waals surface area contributed by atoms with E-state index in [0.717, 1.165) is 5.54 Å². The zero-order valence-electron chi connectivity index (χ0n) is 10.8. The fraction of sp³-hybridized carbons (Fsp3) is 0.286. The Morgan fingerprint density at radius 2 is 2.06 bits per heavy atom. The maximum atomic E-state index is 2.51. The van der Waals surface area contributed by atoms with E-state index in [4.69, 9.17) is 0 Å². The van der Waals surface area contributed by atoms with E-state index in [1.165, 1.54) is 12.0 Å². The topological polar surface area (TPSA) is 0 Å². The van der Waals surface area contributed by atoms with Gasteiger partial charge in [-0.15, -0.1) is 0 Å². The van der Waals surface area contributed by atoms with E-state index in [0.29, 0.717) is 0 Å². The van der Waals surface area contributed by atoms with Gasteiger partial charge in [-0.3, -0.25) is 0 Å². The molecule has 0 saturated carbocycles. The molecule has 0 bridgehead atoms. The van der Waals surface area contributed by atoms with Crippen LogP contribution < -0.4 is 24.8 Å². The number of halogens is 2. The minimum atomic E-state index is -0.651. The molecule has 0 aromatic rings. The molecule has 4 heteroatoms. The van der Waals surface area contributed by atoms with Crippen LogP contribution >= 0.6 is 0 Å². The molecule has 0 saturated heterocycles. The van der Waals surface area contributed by atoms with E-state index in [2.05, 4.69) is 56.0 Å². The number of rotatable bonds is 4. The molecule has 2 aliphatic carbocycles. The molecule has 18 heavy (non-hydrogen) atoms. The molecular weight excluding hydrogens is 446 g/mol. The van der Waals surface area contributed by atoms with Gasteiger partial charge in [0.2, 0.25) is 0 Å². The van der Waals surface area contributed by atoms with Crippen LogP contribution in [0.25, 0.3) is 0 Å². The molecule has 0 aromatic heterocycles. The maximum absolute atomic E-state index is 2.51. The van der Waals surface area contributed by atoms with Crippen molar-refractivity contribution in [3.8, 4) is 0 Å². The van der Waals surface area contributed by atoms with Crippen molar-refractivity contribution in [1.82, 2.24) is 0 Å². The second-order valence-electron chi connectivity index (χ2n) is 4.58. The smallest absolute Gasteiger partial charge is 1.00 e. The molecule has 96 valence electrons. The first-order valence-corrected chi connectivity index (χ1v) is 11.1. The summed E-state index contributed by atoms with van der Waals surface area (Å²) in [6.45, 7) is 4.45. The largest absolute Gasteiger partial charge is 1.00 e. The summed E-state index contributed by atoms with van der Waals surface area (Å²) in [5.41, 5.74) is 4.87. The molecule has 0 aliphatic heterocycles. The third-order valence-electron chi connectivity index (χ3n) is 2.87. The molecule has 0 heterocycles. The Balaban J connectivity index is 0.00000144. The number of hydrogen-bond donors (Lipinski definition) is 0. The zero-order valence-corrected chi connectivity index (χ0v) is 17.3. The normalized spacial score (nSPS) is 20.0. The number of hydrogen-bond acceptors (Lipinski definition) is 0. The molecule has 1 unspecified atom stereocenters. The number of allylic oxidation sites excluding steroid dienone is 9. The quantitative estimate of drug-likeness (QED) is 0.397. The van der Waals surface area contributed by atoms with Gasteiger partial charge in [0.05, 0.1) is 0 Å². The van der Waals surface area contributed by atoms with Crippen LogP contribution in [0, 0.1) is 0 Å². The summed E-state index contributed by atoms with van der Waals surface area (Å²) < 4.78 is 3.60. The summed E-state index contributed by atoms with van der Waals surface area (Å²) >= 11 is -0.651. The van der Waals surface area contributed by atoms with Gasteiger partial charge >= 0.3 is 113 Å². The van der Waals surface area contributed by atoms with Crippen molar-refractivity contribution in [2.75, 3.05) is 0 Å². The van der Waals surface area contributed by atoms with Crippen molar-refractivity contribution in [2.45, 2.75) is 25.8 Å². The SMILES string of the molecule is CC(C)=C[SiH2]C1C=CC=[C]1[Hf+2][C]1=CC=CC1.[Cl-].[Cl-]. The Morgan fingerprint density at radius 1 is 1.28 bits per heavy atom. The van der Waals surface area contributed by atoms with Crippen molar-refractivity contribution in [3.05, 3.63) is 54.4 Å². The van der Waals surface area contributed by atoms with Gasteiger partial charge in [-0.25, -0.2) is 0 Å². The Hall–Kier alpha value is 0.367. The van der Waals surface area contributed by atoms with Gasteiger partial charge in [-0.1, -0.05) is 0 Å². The van der Waals surface area contributed by atoms with Crippen LogP contribution in [0.4, 0.5) is 0 Å². The minimum absolute atomic E-state index is 0. The third-order valence-corrected chi connectivity index (χ3v) is 12.1. The molecule has 2 rings (SSSR count). The van der Waals surface area contributed by atoms with Gasteiger partial charge in [0.1, 0.15) is 0 Å². The molecule has 0 spiro atoms. The molecule has 0 aromatic carbocycles. The molecular formula is C14H18Cl2HfSi. The predicted octanol–water partition coefficient (Wildman–Crippen LogP) is -2.74. The van der Waals surface area contributed by atoms with Gasteiger partial charge < -0.3 is 24.8 Å². The average molecular weight is 464 g/mol. The Labute approximate surface area is 136 Å². The Morgan fingerprint density at radius 3 is 2.67 bits per heavy atom. The summed E-state index contributed by atoms with van der Waals surface area (Å²) in [4.78, 5) is 0. The van der Waals surface area contributed by atoms with E-state index < -0.39 is 22.9 Å². The van der Waals surface area contributed by atoms with Gasteiger partial charge in [-0.2, -0.15) is 0 Å². The summed E-state index contributed by atoms with van der Waals surface area (Å²) in [6, 6.07) is 0. The fourth-order valence-corrected chi connectivity index (χ4v) is 9.91. The van der Waals surface area contributed by atoms with Gasteiger partial charge in [-0.05, 0) is 0 Å². The van der Waals surface area contributed by atoms with E-state index in [1.807, 2.05) is 3.33 Å². The van der Waals surface area contributed by atoms with Gasteiger partial charge in [0.25, 0.3) is 0 Å². The molecule has 2 aliphatic rings. The predicted molar refractivity (Wildman–Crippen MR) is 70.8 cm³/mol. The van der Waals surface area contributed by atoms with Crippen LogP contribution in [0.15, 0.2) is 54.4 Å². The van der Waals surface area contributed by atoms with Crippen molar-refractivity contribution < 1.29 is 47.7 Å². The maximum Gasteiger partial charge on any atom is -1.00 e. The first kappa shape index (κ1) is 18.4. The van der Waals surface area contributed by atoms with Crippen LogP contribution in [0.1, 0.15) is 20.3 Å². The first-order valence-electron chi connectivity index (χ1n) is 5.90. The summed E-state index contributed by atoms with van der Waals surface area (Å²) in [6.07, 6.45) is 15.3. The fourth-order valence-electron chi connectivity index (χ4n) is 1.95. The van der Waals surface area contributed by atoms with Crippen molar-refractivity contribution in [1.29, 1.82) is 0 Å². The molecule has 0 nitrogen and oxygen atoms in total. The Kier molecular flexibility index (Phi) is 9.49. The van der Waals surface area contributed by atoms with Gasteiger partial charge in [0.15, 0.2) is 0 Å². The average Bonchev–Trinajstić information content (AvgIpc) is 2.87. The minimum Gasteiger partial charge on any atom is -1.00 e. The summed E-state index contributed by atoms with van der Waals surface area (Å²) in [7, 11) is -0.0612. The summed E-state index contributed by atoms with van der Waals surface area (Å²) in [5, 5.41) is 0. The van der Waals surface area contributed by atoms with E-state index in [1.54, 1.807) is 3.33 Å². The standard InChI is InChI=1S/C9H13Si.C5H5.2ClH.Hf/c1-8(2)7-10-9-5-3-4-6-9;1-2-4-5-3-1;;;/h3-5,7,9H,10H2,1-2H3;1-3H,4H2;2*1H;/q;;;;+2/p-2. The van der Waals surface area contributed by atoms with Crippen LogP contribution in [-0.2, 0) is 22.9 Å². The second-order valence-corrected chi connectivity index (χ2v) is 11.6. The van der Waals surface area contributed by atoms with Crippen LogP contribution in [0.2, 0.25) is 5.54 Å². The van der Waals surface area contributed by atoms with Crippen LogP contribution in [0.5, 0.6) is 0 Å².